The average Bonchev–Trinajstić information content (AvgIpc) is 2.46. The van der Waals surface area contributed by atoms with Crippen molar-refractivity contribution in [3.8, 4) is 11.5 Å². The first kappa shape index (κ1) is 14.1. The lowest BCUT2D eigenvalue weighted by Gasteiger charge is -2.20. The van der Waals surface area contributed by atoms with Gasteiger partial charge in [0.25, 0.3) is 0 Å². The van der Waals surface area contributed by atoms with E-state index in [2.05, 4.69) is 37.4 Å². The van der Waals surface area contributed by atoms with Gasteiger partial charge in [0.2, 0.25) is 0 Å². The number of aryl methyl sites for hydroxylation is 2. The second-order valence-electron chi connectivity index (χ2n) is 5.26. The van der Waals surface area contributed by atoms with E-state index in [9.17, 15) is 0 Å². The summed E-state index contributed by atoms with van der Waals surface area (Å²) in [7, 11) is 0. The molecule has 1 aliphatic heterocycles. The molecule has 2 aromatic carbocycles. The number of anilines is 1. The summed E-state index contributed by atoms with van der Waals surface area (Å²) in [5.74, 6) is 1.46. The third-order valence-corrected chi connectivity index (χ3v) is 3.91. The lowest BCUT2D eigenvalue weighted by molar-refractivity contribution is 0.171. The van der Waals surface area contributed by atoms with Gasteiger partial charge in [-0.2, -0.15) is 0 Å². The Morgan fingerprint density at radius 2 is 1.76 bits per heavy atom. The van der Waals surface area contributed by atoms with Crippen molar-refractivity contribution in [1.82, 2.24) is 0 Å². The Bertz CT molecular complexity index is 670. The fourth-order valence-corrected chi connectivity index (χ4v) is 2.65. The van der Waals surface area contributed by atoms with Crippen LogP contribution in [0.1, 0.15) is 16.7 Å². The first-order chi connectivity index (χ1) is 10.1. The van der Waals surface area contributed by atoms with Crippen LogP contribution in [-0.2, 0) is 6.54 Å². The Hall–Kier alpha value is -1.87. The van der Waals surface area contributed by atoms with Crippen LogP contribution < -0.4 is 14.8 Å². The molecule has 3 rings (SSSR count). The topological polar surface area (TPSA) is 30.5 Å². The van der Waals surface area contributed by atoms with Crippen LogP contribution in [0.25, 0.3) is 0 Å². The number of rotatable bonds is 3. The van der Waals surface area contributed by atoms with E-state index in [0.717, 1.165) is 18.0 Å². The highest BCUT2D eigenvalue weighted by Gasteiger charge is 2.15. The average molecular weight is 304 g/mol. The van der Waals surface area contributed by atoms with Crippen LogP contribution in [0.2, 0.25) is 5.02 Å². The lowest BCUT2D eigenvalue weighted by atomic mass is 10.1. The van der Waals surface area contributed by atoms with E-state index in [1.807, 2.05) is 6.07 Å². The van der Waals surface area contributed by atoms with E-state index in [4.69, 9.17) is 21.1 Å². The van der Waals surface area contributed by atoms with E-state index >= 15 is 0 Å². The molecule has 1 N–H and O–H groups in total. The number of benzene rings is 2. The molecule has 0 saturated heterocycles. The number of hydrogen-bond acceptors (Lipinski definition) is 3. The SMILES string of the molecule is Cc1ccc(CNc2cc3c(cc2Cl)OCCO3)c(C)c1. The summed E-state index contributed by atoms with van der Waals surface area (Å²) < 4.78 is 11.1. The van der Waals surface area contributed by atoms with Crippen LogP contribution in [0.5, 0.6) is 11.5 Å². The van der Waals surface area contributed by atoms with Crippen LogP contribution in [0.4, 0.5) is 5.69 Å². The summed E-state index contributed by atoms with van der Waals surface area (Å²) in [6.45, 7) is 6.09. The smallest absolute Gasteiger partial charge is 0.163 e. The molecule has 1 heterocycles. The summed E-state index contributed by atoms with van der Waals surface area (Å²) >= 11 is 6.29. The standard InChI is InChI=1S/C17H18ClNO2/c1-11-3-4-13(12(2)7-11)10-19-15-9-17-16(8-14(15)18)20-5-6-21-17/h3-4,7-9,19H,5-6,10H2,1-2H3. The Balaban J connectivity index is 1.78. The highest BCUT2D eigenvalue weighted by Crippen LogP contribution is 2.38. The molecular formula is C17H18ClNO2. The molecule has 0 aromatic heterocycles. The van der Waals surface area contributed by atoms with E-state index in [0.29, 0.717) is 24.0 Å². The van der Waals surface area contributed by atoms with Crippen molar-refractivity contribution in [2.24, 2.45) is 0 Å². The van der Waals surface area contributed by atoms with Gasteiger partial charge in [0, 0.05) is 18.7 Å². The minimum absolute atomic E-state index is 0.568. The summed E-state index contributed by atoms with van der Waals surface area (Å²) in [5.41, 5.74) is 4.66. The quantitative estimate of drug-likeness (QED) is 0.915. The molecule has 0 saturated carbocycles. The molecule has 0 fully saturated rings. The molecule has 0 atom stereocenters. The molecule has 0 unspecified atom stereocenters. The molecule has 0 aliphatic carbocycles. The van der Waals surface area contributed by atoms with Gasteiger partial charge >= 0.3 is 0 Å². The Morgan fingerprint density at radius 3 is 2.48 bits per heavy atom. The maximum atomic E-state index is 6.29. The highest BCUT2D eigenvalue weighted by molar-refractivity contribution is 6.33. The first-order valence-corrected chi connectivity index (χ1v) is 7.40. The maximum Gasteiger partial charge on any atom is 0.163 e. The second-order valence-corrected chi connectivity index (χ2v) is 5.67. The summed E-state index contributed by atoms with van der Waals surface area (Å²) in [6, 6.07) is 10.2. The van der Waals surface area contributed by atoms with Gasteiger partial charge in [0.15, 0.2) is 11.5 Å². The minimum atomic E-state index is 0.568. The van der Waals surface area contributed by atoms with Crippen LogP contribution in [0, 0.1) is 13.8 Å². The molecule has 0 amide bonds. The number of halogens is 1. The Kier molecular flexibility index (Phi) is 3.93. The summed E-state index contributed by atoms with van der Waals surface area (Å²) in [4.78, 5) is 0. The van der Waals surface area contributed by atoms with Gasteiger partial charge in [-0.25, -0.2) is 0 Å². The van der Waals surface area contributed by atoms with Crippen LogP contribution in [0.3, 0.4) is 0 Å². The van der Waals surface area contributed by atoms with Gasteiger partial charge in [0.1, 0.15) is 13.2 Å². The van der Waals surface area contributed by atoms with Crippen molar-refractivity contribution in [3.63, 3.8) is 0 Å². The number of ether oxygens (including phenoxy) is 2. The third-order valence-electron chi connectivity index (χ3n) is 3.60. The first-order valence-electron chi connectivity index (χ1n) is 7.02. The van der Waals surface area contributed by atoms with Crippen LogP contribution >= 0.6 is 11.6 Å². The van der Waals surface area contributed by atoms with Crippen molar-refractivity contribution >= 4 is 17.3 Å². The fourth-order valence-electron chi connectivity index (χ4n) is 2.43. The van der Waals surface area contributed by atoms with Crippen molar-refractivity contribution in [1.29, 1.82) is 0 Å². The molecule has 3 nitrogen and oxygen atoms in total. The van der Waals surface area contributed by atoms with Crippen molar-refractivity contribution < 1.29 is 9.47 Å². The van der Waals surface area contributed by atoms with Crippen molar-refractivity contribution in [2.75, 3.05) is 18.5 Å². The monoisotopic (exact) mass is 303 g/mol. The molecular weight excluding hydrogens is 286 g/mol. The van der Waals surface area contributed by atoms with Crippen LogP contribution in [-0.4, -0.2) is 13.2 Å². The Labute approximate surface area is 129 Å². The lowest BCUT2D eigenvalue weighted by Crippen LogP contribution is -2.15. The van der Waals surface area contributed by atoms with Gasteiger partial charge in [-0.05, 0) is 25.0 Å². The van der Waals surface area contributed by atoms with Gasteiger partial charge < -0.3 is 14.8 Å². The van der Waals surface area contributed by atoms with Gasteiger partial charge in [-0.1, -0.05) is 35.4 Å². The van der Waals surface area contributed by atoms with E-state index in [1.54, 1.807) is 6.07 Å². The molecule has 21 heavy (non-hydrogen) atoms. The van der Waals surface area contributed by atoms with E-state index in [-0.39, 0.29) is 0 Å². The summed E-state index contributed by atoms with van der Waals surface area (Å²) in [5, 5.41) is 4.01. The zero-order valence-corrected chi connectivity index (χ0v) is 13.0. The van der Waals surface area contributed by atoms with Gasteiger partial charge in [0.05, 0.1) is 10.7 Å². The minimum Gasteiger partial charge on any atom is -0.486 e. The predicted molar refractivity (Wildman–Crippen MR) is 85.7 cm³/mol. The zero-order chi connectivity index (χ0) is 14.8. The molecule has 2 aromatic rings. The molecule has 0 spiro atoms. The number of hydrogen-bond donors (Lipinski definition) is 1. The molecule has 110 valence electrons. The molecule has 1 aliphatic rings. The summed E-state index contributed by atoms with van der Waals surface area (Å²) in [6.07, 6.45) is 0. The fraction of sp³-hybridized carbons (Fsp3) is 0.294. The zero-order valence-electron chi connectivity index (χ0n) is 12.2. The van der Waals surface area contributed by atoms with Gasteiger partial charge in [-0.15, -0.1) is 0 Å². The molecule has 0 radical (unpaired) electrons. The Morgan fingerprint density at radius 1 is 1.05 bits per heavy atom. The van der Waals surface area contributed by atoms with Crippen molar-refractivity contribution in [2.45, 2.75) is 20.4 Å². The molecule has 0 bridgehead atoms. The van der Waals surface area contributed by atoms with Crippen LogP contribution in [0.15, 0.2) is 30.3 Å². The van der Waals surface area contributed by atoms with Gasteiger partial charge in [-0.3, -0.25) is 0 Å². The van der Waals surface area contributed by atoms with Crippen molar-refractivity contribution in [3.05, 3.63) is 52.0 Å². The van der Waals surface area contributed by atoms with E-state index < -0.39 is 0 Å². The third kappa shape index (κ3) is 3.08. The molecule has 4 heteroatoms. The number of fused-ring (bicyclic) bond motifs is 1. The highest BCUT2D eigenvalue weighted by atomic mass is 35.5. The second kappa shape index (κ2) is 5.86. The number of nitrogens with one attached hydrogen (secondary N) is 1. The largest absolute Gasteiger partial charge is 0.486 e. The maximum absolute atomic E-state index is 6.29. The van der Waals surface area contributed by atoms with E-state index in [1.165, 1.54) is 16.7 Å². The normalized spacial score (nSPS) is 13.1. The predicted octanol–water partition coefficient (Wildman–Crippen LogP) is 4.34.